The zero-order chi connectivity index (χ0) is 23.5. The van der Waals surface area contributed by atoms with E-state index in [0.29, 0.717) is 16.9 Å². The van der Waals surface area contributed by atoms with Gasteiger partial charge in [-0.25, -0.2) is 8.78 Å². The van der Waals surface area contributed by atoms with E-state index in [1.54, 1.807) is 48.7 Å². The molecule has 3 amide bonds. The fourth-order valence-corrected chi connectivity index (χ4v) is 3.40. The Bertz CT molecular complexity index is 1270. The van der Waals surface area contributed by atoms with Crippen LogP contribution < -0.4 is 10.6 Å². The quantitative estimate of drug-likeness (QED) is 0.561. The first-order valence-corrected chi connectivity index (χ1v) is 9.94. The number of amides is 3. The number of rotatable bonds is 6. The van der Waals surface area contributed by atoms with E-state index in [1.165, 1.54) is 13.0 Å². The lowest BCUT2D eigenvalue weighted by Gasteiger charge is -2.14. The lowest BCUT2D eigenvalue weighted by molar-refractivity contribution is -0.137. The molecule has 0 atom stereocenters. The average Bonchev–Trinajstić information content (AvgIpc) is 3.01. The first-order chi connectivity index (χ1) is 15.8. The van der Waals surface area contributed by atoms with Crippen LogP contribution in [0.1, 0.15) is 18.2 Å². The van der Waals surface area contributed by atoms with Crippen LogP contribution in [0, 0.1) is 11.6 Å². The van der Waals surface area contributed by atoms with Crippen molar-refractivity contribution in [3.8, 4) is 0 Å². The third-order valence-electron chi connectivity index (χ3n) is 4.90. The van der Waals surface area contributed by atoms with Gasteiger partial charge < -0.3 is 10.6 Å². The number of hydrogen-bond acceptors (Lipinski definition) is 5. The highest BCUT2D eigenvalue weighted by atomic mass is 19.2. The summed E-state index contributed by atoms with van der Waals surface area (Å²) in [7, 11) is 0. The topological polar surface area (TPSA) is 91.4 Å². The van der Waals surface area contributed by atoms with Gasteiger partial charge in [0.1, 0.15) is 5.70 Å². The number of carbonyl (C=O) groups is 3. The third kappa shape index (κ3) is 4.62. The molecule has 0 spiro atoms. The number of hydrogen-bond donors (Lipinski definition) is 2. The highest BCUT2D eigenvalue weighted by Gasteiger charge is 2.39. The first kappa shape index (κ1) is 21.8. The Kier molecular flexibility index (Phi) is 5.95. The third-order valence-corrected chi connectivity index (χ3v) is 4.90. The maximum atomic E-state index is 13.7. The second kappa shape index (κ2) is 8.99. The summed E-state index contributed by atoms with van der Waals surface area (Å²) in [6.45, 7) is 1.31. The van der Waals surface area contributed by atoms with Crippen LogP contribution in [0.5, 0.6) is 0 Å². The summed E-state index contributed by atoms with van der Waals surface area (Å²) < 4.78 is 27.1. The summed E-state index contributed by atoms with van der Waals surface area (Å²) in [6.07, 6.45) is 1.55. The highest BCUT2D eigenvalue weighted by molar-refractivity contribution is 6.36. The predicted molar refractivity (Wildman–Crippen MR) is 117 cm³/mol. The molecule has 0 bridgehead atoms. The molecule has 166 valence electrons. The summed E-state index contributed by atoms with van der Waals surface area (Å²) in [4.78, 5) is 43.0. The maximum absolute atomic E-state index is 13.7. The zero-order valence-electron chi connectivity index (χ0n) is 17.4. The molecule has 2 heterocycles. The molecule has 1 aromatic heterocycles. The zero-order valence-corrected chi connectivity index (χ0v) is 17.4. The number of carbonyl (C=O) groups excluding carboxylic acids is 3. The van der Waals surface area contributed by atoms with Gasteiger partial charge in [0.25, 0.3) is 11.8 Å². The molecule has 0 aliphatic carbocycles. The van der Waals surface area contributed by atoms with Crippen molar-refractivity contribution in [1.82, 2.24) is 9.88 Å². The average molecular weight is 448 g/mol. The minimum absolute atomic E-state index is 0.0606. The van der Waals surface area contributed by atoms with Gasteiger partial charge in [-0.15, -0.1) is 0 Å². The molecule has 7 nitrogen and oxygen atoms in total. The number of anilines is 2. The van der Waals surface area contributed by atoms with Gasteiger partial charge in [-0.1, -0.05) is 18.2 Å². The predicted octanol–water partition coefficient (Wildman–Crippen LogP) is 3.71. The molecule has 9 heteroatoms. The SMILES string of the molecule is CC(=O)Nc1ccc(C2=C(Nc3ccc(F)c(F)c3)C(=O)N(Cc3ccccn3)C2=O)cc1. The Labute approximate surface area is 187 Å². The number of imide groups is 1. The van der Waals surface area contributed by atoms with Crippen LogP contribution in [0.15, 0.2) is 72.6 Å². The number of pyridine rings is 1. The molecule has 1 aliphatic rings. The van der Waals surface area contributed by atoms with E-state index >= 15 is 0 Å². The summed E-state index contributed by atoms with van der Waals surface area (Å²) in [5.41, 5.74) is 1.54. The first-order valence-electron chi connectivity index (χ1n) is 9.94. The van der Waals surface area contributed by atoms with Crippen LogP contribution in [0.4, 0.5) is 20.2 Å². The van der Waals surface area contributed by atoms with Gasteiger partial charge in [0.15, 0.2) is 11.6 Å². The molecule has 0 radical (unpaired) electrons. The van der Waals surface area contributed by atoms with Crippen LogP contribution >= 0.6 is 0 Å². The number of nitrogens with zero attached hydrogens (tertiary/aromatic N) is 2. The number of halogens is 2. The Hall–Kier alpha value is -4.40. The van der Waals surface area contributed by atoms with E-state index in [0.717, 1.165) is 17.0 Å². The van der Waals surface area contributed by atoms with E-state index in [-0.39, 0.29) is 29.4 Å². The van der Waals surface area contributed by atoms with Crippen LogP contribution in [0.25, 0.3) is 5.57 Å². The van der Waals surface area contributed by atoms with Crippen LogP contribution in [0.2, 0.25) is 0 Å². The summed E-state index contributed by atoms with van der Waals surface area (Å²) >= 11 is 0. The largest absolute Gasteiger partial charge is 0.350 e. The van der Waals surface area contributed by atoms with Gasteiger partial charge in [-0.3, -0.25) is 24.3 Å². The van der Waals surface area contributed by atoms with Crippen molar-refractivity contribution in [3.63, 3.8) is 0 Å². The summed E-state index contributed by atoms with van der Waals surface area (Å²) in [6, 6.07) is 14.6. The number of aromatic nitrogens is 1. The Morgan fingerprint density at radius 1 is 0.939 bits per heavy atom. The molecule has 4 rings (SSSR count). The van der Waals surface area contributed by atoms with Crippen LogP contribution in [0.3, 0.4) is 0 Å². The van der Waals surface area contributed by atoms with Crippen molar-refractivity contribution < 1.29 is 23.2 Å². The Morgan fingerprint density at radius 2 is 1.67 bits per heavy atom. The van der Waals surface area contributed by atoms with Crippen molar-refractivity contribution in [3.05, 3.63) is 95.4 Å². The van der Waals surface area contributed by atoms with Gasteiger partial charge in [0, 0.05) is 30.6 Å². The molecule has 33 heavy (non-hydrogen) atoms. The molecule has 0 unspecified atom stereocenters. The molecule has 0 saturated carbocycles. The van der Waals surface area contributed by atoms with Gasteiger partial charge in [-0.2, -0.15) is 0 Å². The standard InChI is InChI=1S/C24H18F2N4O3/c1-14(31)28-16-7-5-15(6-8-16)21-22(29-17-9-10-19(25)20(26)12-17)24(33)30(23(21)32)13-18-4-2-3-11-27-18/h2-12,29H,13H2,1H3,(H,28,31). The summed E-state index contributed by atoms with van der Waals surface area (Å²) in [5.74, 6) is -3.58. The molecular formula is C24H18F2N4O3. The van der Waals surface area contributed by atoms with E-state index < -0.39 is 23.4 Å². The number of nitrogens with one attached hydrogen (secondary N) is 2. The fourth-order valence-electron chi connectivity index (χ4n) is 3.40. The molecular weight excluding hydrogens is 430 g/mol. The Balaban J connectivity index is 1.73. The van der Waals surface area contributed by atoms with E-state index in [4.69, 9.17) is 0 Å². The van der Waals surface area contributed by atoms with Crippen molar-refractivity contribution >= 4 is 34.7 Å². The van der Waals surface area contributed by atoms with Crippen molar-refractivity contribution in [2.24, 2.45) is 0 Å². The lowest BCUT2D eigenvalue weighted by Crippen LogP contribution is -2.32. The molecule has 2 aromatic carbocycles. The Morgan fingerprint density at radius 3 is 2.30 bits per heavy atom. The van der Waals surface area contributed by atoms with E-state index in [2.05, 4.69) is 15.6 Å². The van der Waals surface area contributed by atoms with Crippen molar-refractivity contribution in [1.29, 1.82) is 0 Å². The van der Waals surface area contributed by atoms with Crippen molar-refractivity contribution in [2.75, 3.05) is 10.6 Å². The second-order valence-electron chi connectivity index (χ2n) is 7.28. The lowest BCUT2D eigenvalue weighted by atomic mass is 10.0. The van der Waals surface area contributed by atoms with Gasteiger partial charge >= 0.3 is 0 Å². The minimum atomic E-state index is -1.09. The minimum Gasteiger partial charge on any atom is -0.350 e. The van der Waals surface area contributed by atoms with Gasteiger partial charge in [0.2, 0.25) is 5.91 Å². The molecule has 2 N–H and O–H groups in total. The van der Waals surface area contributed by atoms with E-state index in [1.807, 2.05) is 0 Å². The monoisotopic (exact) mass is 448 g/mol. The number of benzene rings is 2. The molecule has 1 aliphatic heterocycles. The van der Waals surface area contributed by atoms with Crippen molar-refractivity contribution in [2.45, 2.75) is 13.5 Å². The highest BCUT2D eigenvalue weighted by Crippen LogP contribution is 2.32. The summed E-state index contributed by atoms with van der Waals surface area (Å²) in [5, 5.41) is 5.40. The van der Waals surface area contributed by atoms with Crippen LogP contribution in [-0.4, -0.2) is 27.6 Å². The molecule has 0 fully saturated rings. The maximum Gasteiger partial charge on any atom is 0.278 e. The fraction of sp³-hybridized carbons (Fsp3) is 0.0833. The molecule has 0 saturated heterocycles. The second-order valence-corrected chi connectivity index (χ2v) is 7.28. The smallest absolute Gasteiger partial charge is 0.278 e. The molecule has 3 aromatic rings. The normalized spacial score (nSPS) is 13.5. The van der Waals surface area contributed by atoms with Gasteiger partial charge in [0.05, 0.1) is 17.8 Å². The van der Waals surface area contributed by atoms with Gasteiger partial charge in [-0.05, 0) is 42.0 Å². The van der Waals surface area contributed by atoms with E-state index in [9.17, 15) is 23.2 Å². The van der Waals surface area contributed by atoms with Crippen LogP contribution in [-0.2, 0) is 20.9 Å².